The molecule has 0 bridgehead atoms. The molecule has 24 heavy (non-hydrogen) atoms. The van der Waals surface area contributed by atoms with E-state index < -0.39 is 0 Å². The van der Waals surface area contributed by atoms with Crippen molar-refractivity contribution in [3.63, 3.8) is 0 Å². The van der Waals surface area contributed by atoms with Crippen molar-refractivity contribution in [2.45, 2.75) is 6.54 Å². The van der Waals surface area contributed by atoms with Gasteiger partial charge in [0.05, 0.1) is 28.4 Å². The molecule has 122 valence electrons. The highest BCUT2D eigenvalue weighted by Gasteiger charge is 2.12. The lowest BCUT2D eigenvalue weighted by Crippen LogP contribution is -2.24. The van der Waals surface area contributed by atoms with Gasteiger partial charge in [0.2, 0.25) is 5.89 Å². The first kappa shape index (κ1) is 16.0. The second kappa shape index (κ2) is 6.72. The Morgan fingerprint density at radius 1 is 1.29 bits per heavy atom. The Kier molecular flexibility index (Phi) is 4.48. The SMILES string of the molecule is CNC(=O)c1ccc(=O)n(Cc2coc(-c3ccccc3Cl)n2)c1. The lowest BCUT2D eigenvalue weighted by Gasteiger charge is -2.05. The first-order valence-corrected chi connectivity index (χ1v) is 7.58. The van der Waals surface area contributed by atoms with E-state index in [9.17, 15) is 9.59 Å². The van der Waals surface area contributed by atoms with Crippen molar-refractivity contribution in [2.24, 2.45) is 0 Å². The fourth-order valence-corrected chi connectivity index (χ4v) is 2.46. The number of hydrogen-bond acceptors (Lipinski definition) is 4. The molecule has 1 aromatic carbocycles. The van der Waals surface area contributed by atoms with Crippen LogP contribution < -0.4 is 10.9 Å². The maximum Gasteiger partial charge on any atom is 0.252 e. The number of carbonyl (C=O) groups is 1. The number of carbonyl (C=O) groups excluding carboxylic acids is 1. The van der Waals surface area contributed by atoms with E-state index in [2.05, 4.69) is 10.3 Å². The monoisotopic (exact) mass is 343 g/mol. The zero-order valence-corrected chi connectivity index (χ0v) is 13.6. The summed E-state index contributed by atoms with van der Waals surface area (Å²) in [6.45, 7) is 0.192. The molecular formula is C17H14ClN3O3. The van der Waals surface area contributed by atoms with E-state index in [1.54, 1.807) is 12.1 Å². The predicted molar refractivity (Wildman–Crippen MR) is 90.1 cm³/mol. The van der Waals surface area contributed by atoms with Gasteiger partial charge < -0.3 is 14.3 Å². The minimum Gasteiger partial charge on any atom is -0.444 e. The summed E-state index contributed by atoms with van der Waals surface area (Å²) in [6.07, 6.45) is 2.96. The zero-order valence-electron chi connectivity index (χ0n) is 12.8. The van der Waals surface area contributed by atoms with Crippen molar-refractivity contribution < 1.29 is 9.21 Å². The maximum atomic E-state index is 12.0. The van der Waals surface area contributed by atoms with Gasteiger partial charge in [0, 0.05) is 19.3 Å². The molecule has 3 rings (SSSR count). The molecule has 2 aromatic heterocycles. The molecule has 0 aliphatic rings. The highest BCUT2D eigenvalue weighted by atomic mass is 35.5. The lowest BCUT2D eigenvalue weighted by molar-refractivity contribution is 0.0962. The Morgan fingerprint density at radius 2 is 2.08 bits per heavy atom. The first-order valence-electron chi connectivity index (χ1n) is 7.20. The molecule has 1 amide bonds. The molecule has 6 nitrogen and oxygen atoms in total. The molecule has 0 aliphatic heterocycles. The number of oxazole rings is 1. The molecule has 0 saturated carbocycles. The lowest BCUT2D eigenvalue weighted by atomic mass is 10.2. The summed E-state index contributed by atoms with van der Waals surface area (Å²) >= 11 is 6.13. The Morgan fingerprint density at radius 3 is 2.83 bits per heavy atom. The number of nitrogens with zero attached hydrogens (tertiary/aromatic N) is 2. The van der Waals surface area contributed by atoms with Crippen LogP contribution in [0.4, 0.5) is 0 Å². The van der Waals surface area contributed by atoms with Crippen molar-refractivity contribution in [3.05, 3.63) is 75.5 Å². The van der Waals surface area contributed by atoms with Gasteiger partial charge in [0.1, 0.15) is 6.26 Å². The average molecular weight is 344 g/mol. The highest BCUT2D eigenvalue weighted by Crippen LogP contribution is 2.26. The third kappa shape index (κ3) is 3.23. The van der Waals surface area contributed by atoms with Crippen LogP contribution in [0.15, 0.2) is 58.1 Å². The molecule has 0 saturated heterocycles. The van der Waals surface area contributed by atoms with E-state index in [0.29, 0.717) is 27.7 Å². The van der Waals surface area contributed by atoms with Crippen molar-refractivity contribution in [1.82, 2.24) is 14.9 Å². The van der Waals surface area contributed by atoms with E-state index >= 15 is 0 Å². The number of aromatic nitrogens is 2. The van der Waals surface area contributed by atoms with Gasteiger partial charge >= 0.3 is 0 Å². The van der Waals surface area contributed by atoms with E-state index in [1.807, 2.05) is 12.1 Å². The van der Waals surface area contributed by atoms with Gasteiger partial charge in [-0.15, -0.1) is 0 Å². The number of halogens is 1. The number of hydrogen-bond donors (Lipinski definition) is 1. The quantitative estimate of drug-likeness (QED) is 0.789. The van der Waals surface area contributed by atoms with Crippen molar-refractivity contribution >= 4 is 17.5 Å². The average Bonchev–Trinajstić information content (AvgIpc) is 3.05. The van der Waals surface area contributed by atoms with Crippen LogP contribution in [-0.2, 0) is 6.54 Å². The topological polar surface area (TPSA) is 77.1 Å². The number of nitrogens with one attached hydrogen (secondary N) is 1. The molecule has 7 heteroatoms. The Balaban J connectivity index is 1.89. The molecule has 2 heterocycles. The number of amides is 1. The van der Waals surface area contributed by atoms with Gasteiger partial charge in [-0.05, 0) is 18.2 Å². The molecule has 0 atom stereocenters. The Labute approximate surface area is 142 Å². The molecule has 0 radical (unpaired) electrons. The van der Waals surface area contributed by atoms with Crippen LogP contribution in [0.25, 0.3) is 11.5 Å². The van der Waals surface area contributed by atoms with Crippen molar-refractivity contribution in [3.8, 4) is 11.5 Å². The Hall–Kier alpha value is -2.86. The molecule has 3 aromatic rings. The third-order valence-electron chi connectivity index (χ3n) is 3.46. The zero-order chi connectivity index (χ0) is 17.1. The van der Waals surface area contributed by atoms with Crippen LogP contribution in [0, 0.1) is 0 Å². The molecule has 0 aliphatic carbocycles. The molecular weight excluding hydrogens is 330 g/mol. The fraction of sp³-hybridized carbons (Fsp3) is 0.118. The van der Waals surface area contributed by atoms with Crippen LogP contribution in [-0.4, -0.2) is 22.5 Å². The summed E-state index contributed by atoms with van der Waals surface area (Å²) in [5.74, 6) is 0.117. The van der Waals surface area contributed by atoms with Gasteiger partial charge in [0.15, 0.2) is 0 Å². The predicted octanol–water partition coefficient (Wildman–Crippen LogP) is 2.56. The van der Waals surface area contributed by atoms with Crippen molar-refractivity contribution in [2.75, 3.05) is 7.05 Å². The molecule has 0 fully saturated rings. The van der Waals surface area contributed by atoms with Crippen LogP contribution in [0.2, 0.25) is 5.02 Å². The molecule has 1 N–H and O–H groups in total. The van der Waals surface area contributed by atoms with E-state index in [-0.39, 0.29) is 18.0 Å². The van der Waals surface area contributed by atoms with E-state index in [1.165, 1.54) is 36.2 Å². The summed E-state index contributed by atoms with van der Waals surface area (Å²) in [6, 6.07) is 10.0. The second-order valence-corrected chi connectivity index (χ2v) is 5.49. The first-order chi connectivity index (χ1) is 11.6. The van der Waals surface area contributed by atoms with Gasteiger partial charge in [-0.1, -0.05) is 23.7 Å². The van der Waals surface area contributed by atoms with Crippen LogP contribution in [0.5, 0.6) is 0 Å². The molecule has 0 spiro atoms. The minimum absolute atomic E-state index is 0.192. The normalized spacial score (nSPS) is 10.6. The van der Waals surface area contributed by atoms with E-state index in [4.69, 9.17) is 16.0 Å². The van der Waals surface area contributed by atoms with Crippen molar-refractivity contribution in [1.29, 1.82) is 0 Å². The van der Waals surface area contributed by atoms with E-state index in [0.717, 1.165) is 0 Å². The van der Waals surface area contributed by atoms with Gasteiger partial charge in [-0.2, -0.15) is 0 Å². The van der Waals surface area contributed by atoms with Crippen LogP contribution in [0.1, 0.15) is 16.1 Å². The maximum absolute atomic E-state index is 12.0. The Bertz CT molecular complexity index is 946. The van der Waals surface area contributed by atoms with Crippen LogP contribution in [0.3, 0.4) is 0 Å². The summed E-state index contributed by atoms with van der Waals surface area (Å²) in [4.78, 5) is 28.0. The largest absolute Gasteiger partial charge is 0.444 e. The summed E-state index contributed by atoms with van der Waals surface area (Å²) < 4.78 is 6.85. The minimum atomic E-state index is -0.263. The van der Waals surface area contributed by atoms with Crippen LogP contribution >= 0.6 is 11.6 Å². The number of benzene rings is 1. The fourth-order valence-electron chi connectivity index (χ4n) is 2.25. The smallest absolute Gasteiger partial charge is 0.252 e. The van der Waals surface area contributed by atoms with Gasteiger partial charge in [-0.25, -0.2) is 4.98 Å². The summed E-state index contributed by atoms with van der Waals surface area (Å²) in [5.41, 5.74) is 1.40. The summed E-state index contributed by atoms with van der Waals surface area (Å²) in [7, 11) is 1.53. The highest BCUT2D eigenvalue weighted by molar-refractivity contribution is 6.33. The van der Waals surface area contributed by atoms with Gasteiger partial charge in [0.25, 0.3) is 11.5 Å². The second-order valence-electron chi connectivity index (χ2n) is 5.09. The number of rotatable bonds is 4. The summed E-state index contributed by atoms with van der Waals surface area (Å²) in [5, 5.41) is 3.05. The number of pyridine rings is 1. The molecule has 0 unspecified atom stereocenters. The standard InChI is InChI=1S/C17H14ClN3O3/c1-19-16(23)11-6-7-15(22)21(8-11)9-12-10-24-17(20-12)13-4-2-3-5-14(13)18/h2-8,10H,9H2,1H3,(H,19,23). The van der Waals surface area contributed by atoms with Gasteiger partial charge in [-0.3, -0.25) is 9.59 Å². The third-order valence-corrected chi connectivity index (χ3v) is 3.79.